The first-order valence-electron chi connectivity index (χ1n) is 9.91. The molecule has 0 aliphatic carbocycles. The predicted octanol–water partition coefficient (Wildman–Crippen LogP) is 4.36. The summed E-state index contributed by atoms with van der Waals surface area (Å²) in [5, 5.41) is 3.45. The number of hydrogen-bond acceptors (Lipinski definition) is 3. The van der Waals surface area contributed by atoms with E-state index in [-0.39, 0.29) is 11.8 Å². The van der Waals surface area contributed by atoms with Gasteiger partial charge >= 0.3 is 0 Å². The molecule has 2 aromatic rings. The van der Waals surface area contributed by atoms with E-state index in [1.165, 1.54) is 0 Å². The molecule has 0 bridgehead atoms. The fourth-order valence-corrected chi connectivity index (χ4v) is 3.01. The molecule has 0 aliphatic rings. The zero-order chi connectivity index (χ0) is 21.2. The lowest BCUT2D eigenvalue weighted by molar-refractivity contribution is -0.140. The van der Waals surface area contributed by atoms with E-state index in [0.29, 0.717) is 43.3 Å². The number of hydrogen-bond donors (Lipinski definition) is 1. The van der Waals surface area contributed by atoms with Gasteiger partial charge in [0.25, 0.3) is 0 Å². The molecule has 2 rings (SSSR count). The zero-order valence-corrected chi connectivity index (χ0v) is 18.0. The predicted molar refractivity (Wildman–Crippen MR) is 116 cm³/mol. The Hall–Kier alpha value is -2.53. The quantitative estimate of drug-likeness (QED) is 0.585. The Morgan fingerprint density at radius 1 is 1.10 bits per heavy atom. The molecule has 0 saturated heterocycles. The van der Waals surface area contributed by atoms with Gasteiger partial charge in [-0.15, -0.1) is 0 Å². The number of ether oxygens (including phenoxy) is 1. The maximum absolute atomic E-state index is 12.9. The molecular weight excluding hydrogens is 388 g/mol. The molecule has 0 unspecified atom stereocenters. The van der Waals surface area contributed by atoms with E-state index in [4.69, 9.17) is 16.3 Å². The van der Waals surface area contributed by atoms with Gasteiger partial charge in [-0.2, -0.15) is 0 Å². The van der Waals surface area contributed by atoms with Crippen LogP contribution in [-0.4, -0.2) is 35.9 Å². The van der Waals surface area contributed by atoms with Crippen LogP contribution in [0.2, 0.25) is 5.02 Å². The molecule has 0 heterocycles. The molecular formula is C23H29ClN2O3. The smallest absolute Gasteiger partial charge is 0.242 e. The van der Waals surface area contributed by atoms with Crippen molar-refractivity contribution < 1.29 is 14.3 Å². The van der Waals surface area contributed by atoms with E-state index in [1.54, 1.807) is 36.1 Å². The zero-order valence-electron chi connectivity index (χ0n) is 17.3. The van der Waals surface area contributed by atoms with Crippen LogP contribution in [0.3, 0.4) is 0 Å². The second-order valence-electron chi connectivity index (χ2n) is 6.98. The molecule has 2 amide bonds. The van der Waals surface area contributed by atoms with Gasteiger partial charge in [0.2, 0.25) is 11.8 Å². The highest BCUT2D eigenvalue weighted by molar-refractivity contribution is 6.30. The minimum atomic E-state index is -0.541. The number of carbonyl (C=O) groups is 2. The molecule has 1 N–H and O–H groups in total. The third-order valence-electron chi connectivity index (χ3n) is 4.61. The normalized spacial score (nSPS) is 11.6. The average molecular weight is 417 g/mol. The van der Waals surface area contributed by atoms with Crippen molar-refractivity contribution in [3.8, 4) is 5.75 Å². The highest BCUT2D eigenvalue weighted by Gasteiger charge is 2.25. The Morgan fingerprint density at radius 3 is 2.38 bits per heavy atom. The number of benzene rings is 2. The standard InChI is InChI=1S/C23H29ClN2O3/c1-4-25-23(28)18(3)26(16-19-9-7-17(2)8-10-19)22(27)6-5-15-29-21-13-11-20(24)12-14-21/h7-14,18H,4-6,15-16H2,1-3H3,(H,25,28)/t18-/m0/s1. The van der Waals surface area contributed by atoms with Gasteiger partial charge in [0.1, 0.15) is 11.8 Å². The maximum Gasteiger partial charge on any atom is 0.242 e. The SMILES string of the molecule is CCNC(=O)[C@H](C)N(Cc1ccc(C)cc1)C(=O)CCCOc1ccc(Cl)cc1. The maximum atomic E-state index is 12.9. The fourth-order valence-electron chi connectivity index (χ4n) is 2.88. The average Bonchev–Trinajstić information content (AvgIpc) is 2.71. The Kier molecular flexibility index (Phi) is 9.00. The van der Waals surface area contributed by atoms with Crippen LogP contribution in [0.25, 0.3) is 0 Å². The summed E-state index contributed by atoms with van der Waals surface area (Å²) in [4.78, 5) is 26.9. The third kappa shape index (κ3) is 7.42. The van der Waals surface area contributed by atoms with Gasteiger partial charge in [-0.05, 0) is 57.0 Å². The van der Waals surface area contributed by atoms with Crippen molar-refractivity contribution in [3.05, 3.63) is 64.7 Å². The highest BCUT2D eigenvalue weighted by atomic mass is 35.5. The molecule has 5 nitrogen and oxygen atoms in total. The number of rotatable bonds is 10. The van der Waals surface area contributed by atoms with E-state index in [1.807, 2.05) is 38.1 Å². The van der Waals surface area contributed by atoms with Crippen molar-refractivity contribution in [2.24, 2.45) is 0 Å². The number of halogens is 1. The molecule has 29 heavy (non-hydrogen) atoms. The molecule has 2 aromatic carbocycles. The van der Waals surface area contributed by atoms with Crippen LogP contribution in [0.4, 0.5) is 0 Å². The van der Waals surface area contributed by atoms with Crippen LogP contribution < -0.4 is 10.1 Å². The van der Waals surface area contributed by atoms with Crippen molar-refractivity contribution >= 4 is 23.4 Å². The molecule has 1 atom stereocenters. The highest BCUT2D eigenvalue weighted by Crippen LogP contribution is 2.16. The number of likely N-dealkylation sites (N-methyl/N-ethyl adjacent to an activating group) is 1. The Morgan fingerprint density at radius 2 is 1.76 bits per heavy atom. The number of nitrogens with zero attached hydrogens (tertiary/aromatic N) is 1. The van der Waals surface area contributed by atoms with Crippen molar-refractivity contribution in [1.82, 2.24) is 10.2 Å². The lowest BCUT2D eigenvalue weighted by atomic mass is 10.1. The molecule has 0 saturated carbocycles. The molecule has 6 heteroatoms. The number of nitrogens with one attached hydrogen (secondary N) is 1. The minimum absolute atomic E-state index is 0.0657. The Labute approximate surface area is 178 Å². The second-order valence-corrected chi connectivity index (χ2v) is 7.42. The van der Waals surface area contributed by atoms with Crippen LogP contribution >= 0.6 is 11.6 Å². The first-order valence-corrected chi connectivity index (χ1v) is 10.3. The summed E-state index contributed by atoms with van der Waals surface area (Å²) < 4.78 is 5.66. The first-order chi connectivity index (χ1) is 13.9. The van der Waals surface area contributed by atoms with Gasteiger partial charge in [0, 0.05) is 24.5 Å². The van der Waals surface area contributed by atoms with Gasteiger partial charge in [-0.1, -0.05) is 41.4 Å². The van der Waals surface area contributed by atoms with Gasteiger partial charge in [0.05, 0.1) is 6.61 Å². The van der Waals surface area contributed by atoms with Crippen LogP contribution in [0.5, 0.6) is 5.75 Å². The lowest BCUT2D eigenvalue weighted by Gasteiger charge is -2.29. The van der Waals surface area contributed by atoms with Gasteiger partial charge < -0.3 is 15.0 Å². The monoisotopic (exact) mass is 416 g/mol. The Balaban J connectivity index is 1.96. The molecule has 156 valence electrons. The number of amides is 2. The summed E-state index contributed by atoms with van der Waals surface area (Å²) >= 11 is 5.86. The van der Waals surface area contributed by atoms with Crippen LogP contribution in [0.15, 0.2) is 48.5 Å². The van der Waals surface area contributed by atoms with E-state index < -0.39 is 6.04 Å². The van der Waals surface area contributed by atoms with Crippen molar-refractivity contribution in [1.29, 1.82) is 0 Å². The molecule has 0 radical (unpaired) electrons. The minimum Gasteiger partial charge on any atom is -0.494 e. The summed E-state index contributed by atoms with van der Waals surface area (Å²) in [5.74, 6) is 0.503. The van der Waals surface area contributed by atoms with Crippen molar-refractivity contribution in [3.63, 3.8) is 0 Å². The van der Waals surface area contributed by atoms with E-state index in [9.17, 15) is 9.59 Å². The third-order valence-corrected chi connectivity index (χ3v) is 4.86. The topological polar surface area (TPSA) is 58.6 Å². The van der Waals surface area contributed by atoms with Crippen LogP contribution in [-0.2, 0) is 16.1 Å². The summed E-state index contributed by atoms with van der Waals surface area (Å²) in [6.45, 7) is 7.00. The van der Waals surface area contributed by atoms with Gasteiger partial charge in [-0.3, -0.25) is 9.59 Å². The van der Waals surface area contributed by atoms with E-state index >= 15 is 0 Å². The molecule has 0 spiro atoms. The van der Waals surface area contributed by atoms with Crippen LogP contribution in [0, 0.1) is 6.92 Å². The van der Waals surface area contributed by atoms with E-state index in [0.717, 1.165) is 11.1 Å². The molecule has 0 aromatic heterocycles. The summed E-state index contributed by atoms with van der Waals surface area (Å²) in [7, 11) is 0. The van der Waals surface area contributed by atoms with Crippen molar-refractivity contribution in [2.75, 3.05) is 13.2 Å². The van der Waals surface area contributed by atoms with Crippen molar-refractivity contribution in [2.45, 2.75) is 46.2 Å². The van der Waals surface area contributed by atoms with Gasteiger partial charge in [0.15, 0.2) is 0 Å². The van der Waals surface area contributed by atoms with Crippen LogP contribution in [0.1, 0.15) is 37.8 Å². The summed E-state index contributed by atoms with van der Waals surface area (Å²) in [6.07, 6.45) is 0.872. The lowest BCUT2D eigenvalue weighted by Crippen LogP contribution is -2.47. The molecule has 0 fully saturated rings. The summed E-state index contributed by atoms with van der Waals surface area (Å²) in [6, 6.07) is 14.6. The van der Waals surface area contributed by atoms with E-state index in [2.05, 4.69) is 5.32 Å². The Bertz CT molecular complexity index is 791. The molecule has 0 aliphatic heterocycles. The largest absolute Gasteiger partial charge is 0.494 e. The fraction of sp³-hybridized carbons (Fsp3) is 0.391. The first kappa shape index (κ1) is 22.8. The number of aryl methyl sites for hydroxylation is 1. The number of carbonyl (C=O) groups excluding carboxylic acids is 2. The summed E-state index contributed by atoms with van der Waals surface area (Å²) in [5.41, 5.74) is 2.15. The second kappa shape index (κ2) is 11.5. The van der Waals surface area contributed by atoms with Gasteiger partial charge in [-0.25, -0.2) is 0 Å².